The number of ether oxygens (including phenoxy) is 13. The molecule has 0 amide bonds. The molecule has 0 bridgehead atoms. The van der Waals surface area contributed by atoms with Gasteiger partial charge in [0, 0.05) is 58.2 Å². The fourth-order valence-corrected chi connectivity index (χ4v) is 14.5. The number of methoxy groups -OCH3 is 4. The summed E-state index contributed by atoms with van der Waals surface area (Å²) in [5.41, 5.74) is -0.520. The van der Waals surface area contributed by atoms with Crippen LogP contribution < -0.4 is 0 Å². The molecule has 0 radical (unpaired) electrons. The van der Waals surface area contributed by atoms with Crippen LogP contribution in [-0.2, 0) is 71.2 Å². The molecule has 8 aliphatic rings. The molecule has 0 aromatic heterocycles. The molecule has 8 rings (SSSR count). The van der Waals surface area contributed by atoms with E-state index in [0.717, 1.165) is 12.8 Å². The van der Waals surface area contributed by atoms with Crippen LogP contribution in [0.4, 0.5) is 0 Å². The second kappa shape index (κ2) is 22.8. The van der Waals surface area contributed by atoms with Gasteiger partial charge in [-0.2, -0.15) is 0 Å². The number of hydrogen-bond acceptors (Lipinski definition) is 19. The molecule has 0 aromatic carbocycles. The predicted octanol–water partition coefficient (Wildman–Crippen LogP) is 4.20. The highest BCUT2D eigenvalue weighted by molar-refractivity contribution is 5.88. The van der Waals surface area contributed by atoms with E-state index in [9.17, 15) is 30.0 Å². The van der Waals surface area contributed by atoms with E-state index >= 15 is 0 Å². The lowest BCUT2D eigenvalue weighted by Crippen LogP contribution is -2.66. The largest absolute Gasteiger partial charge is 0.458 e. The van der Waals surface area contributed by atoms with Crippen molar-refractivity contribution in [2.24, 2.45) is 28.6 Å². The first kappa shape index (κ1) is 57.2. The Morgan fingerprint density at radius 1 is 0.658 bits per heavy atom. The van der Waals surface area contributed by atoms with Crippen molar-refractivity contribution in [2.45, 2.75) is 249 Å². The summed E-state index contributed by atoms with van der Waals surface area (Å²) in [7, 11) is 6.05. The molecule has 3 saturated carbocycles. The van der Waals surface area contributed by atoms with Gasteiger partial charge in [0.15, 0.2) is 25.2 Å². The lowest BCUT2D eigenvalue weighted by Gasteiger charge is -2.63. The Kier molecular flexibility index (Phi) is 17.8. The van der Waals surface area contributed by atoms with E-state index in [1.165, 1.54) is 19.8 Å². The Labute approximate surface area is 431 Å². The zero-order valence-electron chi connectivity index (χ0n) is 45.2. The van der Waals surface area contributed by atoms with Crippen LogP contribution in [0.15, 0.2) is 23.3 Å². The van der Waals surface area contributed by atoms with Crippen LogP contribution in [0.25, 0.3) is 0 Å². The van der Waals surface area contributed by atoms with E-state index in [-0.39, 0.29) is 41.7 Å². The average Bonchev–Trinajstić information content (AvgIpc) is 3.65. The molecular weight excluding hydrogens is 953 g/mol. The highest BCUT2D eigenvalue weighted by Crippen LogP contribution is 2.68. The summed E-state index contributed by atoms with van der Waals surface area (Å²) in [6.45, 7) is 16.6. The highest BCUT2D eigenvalue weighted by atomic mass is 16.8. The normalized spacial score (nSPS) is 50.3. The third-order valence-electron chi connectivity index (χ3n) is 19.0. The molecule has 19 heteroatoms. The lowest BCUT2D eigenvalue weighted by molar-refractivity contribution is -0.372. The summed E-state index contributed by atoms with van der Waals surface area (Å²) < 4.78 is 80.5. The number of carbonyl (C=O) groups is 2. The first-order valence-electron chi connectivity index (χ1n) is 26.7. The minimum atomic E-state index is -1.33. The second-order valence-corrected chi connectivity index (χ2v) is 22.8. The lowest BCUT2D eigenvalue weighted by atomic mass is 9.45. The Balaban J connectivity index is 0.866. The van der Waals surface area contributed by atoms with Gasteiger partial charge in [-0.1, -0.05) is 31.6 Å². The van der Waals surface area contributed by atoms with Crippen LogP contribution in [0.3, 0.4) is 0 Å². The molecule has 19 nitrogen and oxygen atoms in total. The first-order valence-corrected chi connectivity index (χ1v) is 26.7. The van der Waals surface area contributed by atoms with Crippen LogP contribution in [-0.4, -0.2) is 189 Å². The number of carbonyl (C=O) groups excluding carboxylic acids is 2. The molecule has 0 aromatic rings. The van der Waals surface area contributed by atoms with E-state index in [0.29, 0.717) is 44.1 Å². The summed E-state index contributed by atoms with van der Waals surface area (Å²) in [6.07, 6.45) is -6.01. The summed E-state index contributed by atoms with van der Waals surface area (Å²) in [4.78, 5) is 26.5. The fourth-order valence-electron chi connectivity index (χ4n) is 14.5. The van der Waals surface area contributed by atoms with Crippen LogP contribution in [0.5, 0.6) is 0 Å². The highest BCUT2D eigenvalue weighted by Gasteiger charge is 2.71. The number of fused-ring (bicyclic) bond motifs is 5. The average molecular weight is 1040 g/mol. The molecule has 4 heterocycles. The molecule has 0 spiro atoms. The van der Waals surface area contributed by atoms with Gasteiger partial charge in [0.2, 0.25) is 0 Å². The van der Waals surface area contributed by atoms with Gasteiger partial charge in [-0.25, -0.2) is 4.79 Å². The Hall–Kier alpha value is -2.02. The monoisotopic (exact) mass is 1040 g/mol. The zero-order valence-corrected chi connectivity index (χ0v) is 45.2. The van der Waals surface area contributed by atoms with Gasteiger partial charge in [0.05, 0.1) is 48.3 Å². The quantitative estimate of drug-likeness (QED) is 0.102. The second-order valence-electron chi connectivity index (χ2n) is 22.8. The number of allylic oxidation sites excluding steroid dienone is 2. The third kappa shape index (κ3) is 10.4. The van der Waals surface area contributed by atoms with Crippen molar-refractivity contribution in [1.29, 1.82) is 0 Å². The molecule has 416 valence electrons. The Bertz CT molecular complexity index is 1990. The fraction of sp³-hybridized carbons (Fsp3) is 0.889. The van der Waals surface area contributed by atoms with Crippen molar-refractivity contribution in [3.8, 4) is 0 Å². The van der Waals surface area contributed by atoms with Gasteiger partial charge in [0.1, 0.15) is 60.7 Å². The standard InChI is InChI=1S/C54H86O19/c1-14-25(2)49(59)70-38-22-35-34(54(60)20-18-33(26(3)55)53(38,54)9)16-15-31-21-32(17-19-52(31,35)8)69-39-23-36(61-10)44(28(5)65-39)71-40-24-37(62-11)45(29(6)66-40)72-51-43(58)48(64-13)46(30(7)68-51)73-50-42(57)47(63-12)41(56)27(4)67-50/h14-15,27-30,32-48,50-51,56-58,60H,16-24H2,1-13H3/b25-14+/t27-,28-,29-,30-,32+,33-,34-,35+,36+,37+,38-,39+,40+,41-,42-,43-,44-,45-,46-,47+,48-,50+,51+,52+,53+,54+/m1/s1. The van der Waals surface area contributed by atoms with Crippen molar-refractivity contribution in [1.82, 2.24) is 0 Å². The smallest absolute Gasteiger partial charge is 0.333 e. The third-order valence-corrected chi connectivity index (χ3v) is 19.0. The maximum Gasteiger partial charge on any atom is 0.333 e. The number of hydrogen-bond donors (Lipinski definition) is 4. The number of ketones is 1. The maximum absolute atomic E-state index is 13.4. The van der Waals surface area contributed by atoms with Crippen LogP contribution in [0.2, 0.25) is 0 Å². The van der Waals surface area contributed by atoms with Gasteiger partial charge in [-0.15, -0.1) is 0 Å². The van der Waals surface area contributed by atoms with Crippen molar-refractivity contribution >= 4 is 11.8 Å². The van der Waals surface area contributed by atoms with Gasteiger partial charge in [-0.05, 0) is 111 Å². The maximum atomic E-state index is 13.4. The number of aliphatic hydroxyl groups excluding tert-OH is 3. The summed E-state index contributed by atoms with van der Waals surface area (Å²) in [5, 5.41) is 45.8. The van der Waals surface area contributed by atoms with E-state index in [1.54, 1.807) is 54.9 Å². The van der Waals surface area contributed by atoms with Crippen molar-refractivity contribution in [3.05, 3.63) is 23.3 Å². The number of esters is 1. The van der Waals surface area contributed by atoms with Crippen LogP contribution in [0, 0.1) is 28.6 Å². The number of Topliss-reactive ketones (excluding diaryl/α,β-unsaturated/α-hetero) is 1. The predicted molar refractivity (Wildman–Crippen MR) is 259 cm³/mol. The van der Waals surface area contributed by atoms with Gasteiger partial charge >= 0.3 is 5.97 Å². The Morgan fingerprint density at radius 2 is 1.22 bits per heavy atom. The van der Waals surface area contributed by atoms with Gasteiger partial charge in [-0.3, -0.25) is 4.79 Å². The number of rotatable bonds is 15. The Morgan fingerprint density at radius 3 is 1.81 bits per heavy atom. The van der Waals surface area contributed by atoms with Crippen LogP contribution in [0.1, 0.15) is 120 Å². The molecule has 4 aliphatic carbocycles. The summed E-state index contributed by atoms with van der Waals surface area (Å²) in [6, 6.07) is 0. The van der Waals surface area contributed by atoms with E-state index in [1.807, 2.05) is 20.8 Å². The van der Waals surface area contributed by atoms with E-state index < -0.39 is 134 Å². The van der Waals surface area contributed by atoms with Crippen LogP contribution >= 0.6 is 0 Å². The minimum absolute atomic E-state index is 0.0301. The minimum Gasteiger partial charge on any atom is -0.458 e. The molecule has 73 heavy (non-hydrogen) atoms. The molecular formula is C54H86O19. The van der Waals surface area contributed by atoms with Crippen molar-refractivity contribution in [3.63, 3.8) is 0 Å². The summed E-state index contributed by atoms with van der Waals surface area (Å²) >= 11 is 0. The topological polar surface area (TPSA) is 235 Å². The summed E-state index contributed by atoms with van der Waals surface area (Å²) in [5.74, 6) is -0.796. The number of aliphatic hydroxyl groups is 4. The zero-order chi connectivity index (χ0) is 53.1. The van der Waals surface area contributed by atoms with Gasteiger partial charge < -0.3 is 82.0 Å². The molecule has 4 aliphatic heterocycles. The van der Waals surface area contributed by atoms with Crippen molar-refractivity contribution < 1.29 is 91.6 Å². The van der Waals surface area contributed by atoms with Crippen molar-refractivity contribution in [2.75, 3.05) is 28.4 Å². The van der Waals surface area contributed by atoms with E-state index in [4.69, 9.17) is 61.6 Å². The van der Waals surface area contributed by atoms with Gasteiger partial charge in [0.25, 0.3) is 0 Å². The molecule has 4 N–H and O–H groups in total. The molecule has 26 atom stereocenters. The van der Waals surface area contributed by atoms with E-state index in [2.05, 4.69) is 13.0 Å². The molecule has 0 unspecified atom stereocenters. The molecule has 4 saturated heterocycles. The first-order chi connectivity index (χ1) is 34.6. The SMILES string of the molecule is C/C=C(\C)C(=O)O[C@@H]1C[C@H]2[C@@H](CC=C3C[C@@H](O[C@H]4C[C@H](OC)[C@H](O[C@H]5C[C@H](OC)[C@H](O[C@@H]6O[C@H](C)[C@@H](O[C@@H]7O[C@H](C)[C@@H](O)[C@H](OC)[C@H]7O)[C@H](OC)[C@H]6O)[C@@H](C)O5)[C@@H](C)O4)CC[C@@]32C)[C@@]2(O)CC[C@H](C(C)=O)[C@@]12C. The molecule has 7 fully saturated rings.